The minimum Gasteiger partial charge on any atom is -0.351 e. The molecule has 0 aliphatic carbocycles. The summed E-state index contributed by atoms with van der Waals surface area (Å²) in [5.41, 5.74) is 1.05. The molecule has 3 heteroatoms. The van der Waals surface area contributed by atoms with E-state index < -0.39 is 5.92 Å². The van der Waals surface area contributed by atoms with Crippen LogP contribution < -0.4 is 5.32 Å². The standard InChI is InChI=1S/C16H22N2O/c1-2-3-4-8-11-15(12-17)16(19)18-13-14-9-6-5-7-10-14/h5-7,9-10,15H,2-4,8,11,13H2,1H3,(H,18,19). The fourth-order valence-electron chi connectivity index (χ4n) is 1.94. The van der Waals surface area contributed by atoms with Gasteiger partial charge in [-0.1, -0.05) is 62.9 Å². The number of unbranched alkanes of at least 4 members (excludes halogenated alkanes) is 3. The summed E-state index contributed by atoms with van der Waals surface area (Å²) >= 11 is 0. The highest BCUT2D eigenvalue weighted by Gasteiger charge is 2.16. The maximum absolute atomic E-state index is 11.9. The molecule has 0 aliphatic rings. The second kappa shape index (κ2) is 9.16. The summed E-state index contributed by atoms with van der Waals surface area (Å²) in [5.74, 6) is -0.664. The molecule has 0 aromatic heterocycles. The minimum atomic E-state index is -0.513. The van der Waals surface area contributed by atoms with Crippen molar-refractivity contribution in [2.24, 2.45) is 5.92 Å². The maximum atomic E-state index is 11.9. The predicted octanol–water partition coefficient (Wildman–Crippen LogP) is 3.41. The highest BCUT2D eigenvalue weighted by Crippen LogP contribution is 2.11. The topological polar surface area (TPSA) is 52.9 Å². The molecule has 0 radical (unpaired) electrons. The van der Waals surface area contributed by atoms with Crippen molar-refractivity contribution in [2.75, 3.05) is 0 Å². The number of benzene rings is 1. The average molecular weight is 258 g/mol. The molecular formula is C16H22N2O. The minimum absolute atomic E-state index is 0.150. The predicted molar refractivity (Wildman–Crippen MR) is 76.2 cm³/mol. The van der Waals surface area contributed by atoms with Crippen molar-refractivity contribution in [1.29, 1.82) is 5.26 Å². The molecule has 0 fully saturated rings. The van der Waals surface area contributed by atoms with Crippen molar-refractivity contribution in [2.45, 2.75) is 45.6 Å². The summed E-state index contributed by atoms with van der Waals surface area (Å²) in [4.78, 5) is 11.9. The zero-order valence-corrected chi connectivity index (χ0v) is 11.6. The first-order chi connectivity index (χ1) is 9.27. The molecule has 0 bridgehead atoms. The molecule has 1 N–H and O–H groups in total. The zero-order chi connectivity index (χ0) is 13.9. The molecule has 0 aliphatic heterocycles. The van der Waals surface area contributed by atoms with Crippen molar-refractivity contribution >= 4 is 5.91 Å². The molecule has 0 saturated heterocycles. The van der Waals surface area contributed by atoms with E-state index in [0.29, 0.717) is 13.0 Å². The molecule has 3 nitrogen and oxygen atoms in total. The number of nitriles is 1. The van der Waals surface area contributed by atoms with Gasteiger partial charge in [0.2, 0.25) is 5.91 Å². The van der Waals surface area contributed by atoms with E-state index in [2.05, 4.69) is 18.3 Å². The van der Waals surface area contributed by atoms with Crippen LogP contribution in [0.3, 0.4) is 0 Å². The molecule has 1 aromatic carbocycles. The van der Waals surface area contributed by atoms with Crippen LogP contribution in [0.25, 0.3) is 0 Å². The van der Waals surface area contributed by atoms with Gasteiger partial charge < -0.3 is 5.32 Å². The van der Waals surface area contributed by atoms with Crippen LogP contribution >= 0.6 is 0 Å². The van der Waals surface area contributed by atoms with Crippen LogP contribution in [0.5, 0.6) is 0 Å². The van der Waals surface area contributed by atoms with E-state index >= 15 is 0 Å². The largest absolute Gasteiger partial charge is 0.351 e. The molecule has 19 heavy (non-hydrogen) atoms. The van der Waals surface area contributed by atoms with E-state index in [-0.39, 0.29) is 5.91 Å². The van der Waals surface area contributed by atoms with Gasteiger partial charge in [-0.2, -0.15) is 5.26 Å². The SMILES string of the molecule is CCCCCCC(C#N)C(=O)NCc1ccccc1. The Labute approximate surface area is 115 Å². The molecule has 0 heterocycles. The fourth-order valence-corrected chi connectivity index (χ4v) is 1.94. The van der Waals surface area contributed by atoms with Crippen LogP contribution in [0.4, 0.5) is 0 Å². The van der Waals surface area contributed by atoms with Crippen LogP contribution in [0.2, 0.25) is 0 Å². The number of amides is 1. The van der Waals surface area contributed by atoms with Gasteiger partial charge in [0.15, 0.2) is 0 Å². The highest BCUT2D eigenvalue weighted by molar-refractivity contribution is 5.80. The van der Waals surface area contributed by atoms with E-state index in [1.165, 1.54) is 6.42 Å². The smallest absolute Gasteiger partial charge is 0.237 e. The van der Waals surface area contributed by atoms with E-state index in [1.807, 2.05) is 30.3 Å². The zero-order valence-electron chi connectivity index (χ0n) is 11.6. The van der Waals surface area contributed by atoms with Crippen LogP contribution in [0.1, 0.15) is 44.6 Å². The molecule has 1 rings (SSSR count). The summed E-state index contributed by atoms with van der Waals surface area (Å²) in [5, 5.41) is 11.9. The first-order valence-corrected chi connectivity index (χ1v) is 6.99. The molecule has 1 amide bonds. The van der Waals surface area contributed by atoms with Crippen LogP contribution in [-0.4, -0.2) is 5.91 Å². The lowest BCUT2D eigenvalue weighted by Crippen LogP contribution is -2.29. The molecule has 1 unspecified atom stereocenters. The second-order valence-electron chi connectivity index (χ2n) is 4.73. The highest BCUT2D eigenvalue weighted by atomic mass is 16.1. The Morgan fingerprint density at radius 1 is 1.26 bits per heavy atom. The Balaban J connectivity index is 2.32. The second-order valence-corrected chi connectivity index (χ2v) is 4.73. The number of carbonyl (C=O) groups excluding carboxylic acids is 1. The fraction of sp³-hybridized carbons (Fsp3) is 0.500. The number of nitrogens with one attached hydrogen (secondary N) is 1. The van der Waals surface area contributed by atoms with Gasteiger partial charge in [-0.3, -0.25) is 4.79 Å². The van der Waals surface area contributed by atoms with E-state index in [1.54, 1.807) is 0 Å². The van der Waals surface area contributed by atoms with Gasteiger partial charge in [0, 0.05) is 6.54 Å². The maximum Gasteiger partial charge on any atom is 0.237 e. The lowest BCUT2D eigenvalue weighted by molar-refractivity contribution is -0.123. The monoisotopic (exact) mass is 258 g/mol. The van der Waals surface area contributed by atoms with E-state index in [4.69, 9.17) is 5.26 Å². The summed E-state index contributed by atoms with van der Waals surface area (Å²) in [6.45, 7) is 2.64. The Morgan fingerprint density at radius 3 is 2.63 bits per heavy atom. The summed E-state index contributed by atoms with van der Waals surface area (Å²) in [7, 11) is 0. The normalized spacial score (nSPS) is 11.6. The first-order valence-electron chi connectivity index (χ1n) is 6.99. The van der Waals surface area contributed by atoms with Crippen LogP contribution in [-0.2, 0) is 11.3 Å². The third-order valence-electron chi connectivity index (χ3n) is 3.13. The molecule has 0 saturated carbocycles. The first kappa shape index (κ1) is 15.2. The number of hydrogen-bond acceptors (Lipinski definition) is 2. The average Bonchev–Trinajstić information content (AvgIpc) is 2.46. The third-order valence-corrected chi connectivity index (χ3v) is 3.13. The van der Waals surface area contributed by atoms with Gasteiger partial charge in [0.25, 0.3) is 0 Å². The number of nitrogens with zero attached hydrogens (tertiary/aromatic N) is 1. The van der Waals surface area contributed by atoms with Gasteiger partial charge in [-0.25, -0.2) is 0 Å². The van der Waals surface area contributed by atoms with E-state index in [9.17, 15) is 4.79 Å². The van der Waals surface area contributed by atoms with E-state index in [0.717, 1.165) is 24.8 Å². The van der Waals surface area contributed by atoms with Gasteiger partial charge >= 0.3 is 0 Å². The quantitative estimate of drug-likeness (QED) is 0.726. The number of hydrogen-bond donors (Lipinski definition) is 1. The number of rotatable bonds is 8. The lowest BCUT2D eigenvalue weighted by Gasteiger charge is -2.10. The molecule has 1 atom stereocenters. The third kappa shape index (κ3) is 6.05. The molecule has 0 spiro atoms. The lowest BCUT2D eigenvalue weighted by atomic mass is 10.0. The number of carbonyl (C=O) groups is 1. The Hall–Kier alpha value is -1.82. The Kier molecular flexibility index (Phi) is 7.34. The summed E-state index contributed by atoms with van der Waals surface area (Å²) in [6, 6.07) is 11.8. The Bertz CT molecular complexity index is 409. The van der Waals surface area contributed by atoms with Crippen molar-refractivity contribution < 1.29 is 4.79 Å². The van der Waals surface area contributed by atoms with Crippen molar-refractivity contribution in [3.05, 3.63) is 35.9 Å². The Morgan fingerprint density at radius 2 is 2.00 bits per heavy atom. The van der Waals surface area contributed by atoms with Crippen molar-refractivity contribution in [1.82, 2.24) is 5.32 Å². The van der Waals surface area contributed by atoms with Crippen LogP contribution in [0.15, 0.2) is 30.3 Å². The van der Waals surface area contributed by atoms with Gasteiger partial charge in [-0.15, -0.1) is 0 Å². The molecular weight excluding hydrogens is 236 g/mol. The van der Waals surface area contributed by atoms with Gasteiger partial charge in [-0.05, 0) is 12.0 Å². The van der Waals surface area contributed by atoms with Gasteiger partial charge in [0.1, 0.15) is 5.92 Å². The van der Waals surface area contributed by atoms with Crippen LogP contribution in [0, 0.1) is 17.2 Å². The van der Waals surface area contributed by atoms with Crippen molar-refractivity contribution in [3.63, 3.8) is 0 Å². The molecule has 1 aromatic rings. The summed E-state index contributed by atoms with van der Waals surface area (Å²) < 4.78 is 0. The molecule has 102 valence electrons. The van der Waals surface area contributed by atoms with Gasteiger partial charge in [0.05, 0.1) is 6.07 Å². The summed E-state index contributed by atoms with van der Waals surface area (Å²) in [6.07, 6.45) is 5.05. The van der Waals surface area contributed by atoms with Crippen molar-refractivity contribution in [3.8, 4) is 6.07 Å².